The fourth-order valence-electron chi connectivity index (χ4n) is 2.96. The molecule has 1 atom stereocenters. The predicted molar refractivity (Wildman–Crippen MR) is 113 cm³/mol. The number of aromatic nitrogens is 2. The topological polar surface area (TPSA) is 84.3 Å². The SMILES string of the molecule is CC(C)C(CO)NC(=O)c1cc(-c2ccc(OC(F)(F)F)cc2)nc(-c2cccc(F)c2)n1. The summed E-state index contributed by atoms with van der Waals surface area (Å²) in [5.41, 5.74) is 0.888. The Morgan fingerprint density at radius 1 is 1.06 bits per heavy atom. The van der Waals surface area contributed by atoms with Crippen molar-refractivity contribution < 1.29 is 32.2 Å². The van der Waals surface area contributed by atoms with Gasteiger partial charge in [0.1, 0.15) is 17.3 Å². The van der Waals surface area contributed by atoms with E-state index in [-0.39, 0.29) is 29.7 Å². The Morgan fingerprint density at radius 2 is 1.76 bits per heavy atom. The third-order valence-corrected chi connectivity index (χ3v) is 4.74. The molecule has 1 heterocycles. The molecule has 0 fully saturated rings. The molecule has 0 saturated carbocycles. The van der Waals surface area contributed by atoms with Crippen molar-refractivity contribution in [1.29, 1.82) is 0 Å². The van der Waals surface area contributed by atoms with Gasteiger partial charge < -0.3 is 15.2 Å². The molecule has 2 aromatic carbocycles. The normalized spacial score (nSPS) is 12.5. The number of aliphatic hydroxyl groups excluding tert-OH is 1. The van der Waals surface area contributed by atoms with Crippen LogP contribution in [0.5, 0.6) is 5.75 Å². The highest BCUT2D eigenvalue weighted by molar-refractivity contribution is 5.94. The molecule has 0 aliphatic carbocycles. The molecule has 6 nitrogen and oxygen atoms in total. The van der Waals surface area contributed by atoms with E-state index in [9.17, 15) is 27.5 Å². The smallest absolute Gasteiger partial charge is 0.406 e. The number of aliphatic hydroxyl groups is 1. The Bertz CT molecular complexity index is 1120. The molecule has 0 aliphatic rings. The largest absolute Gasteiger partial charge is 0.573 e. The van der Waals surface area contributed by atoms with Crippen molar-refractivity contribution in [2.45, 2.75) is 26.3 Å². The van der Waals surface area contributed by atoms with Gasteiger partial charge in [0, 0.05) is 11.1 Å². The second kappa shape index (κ2) is 9.95. The number of carbonyl (C=O) groups is 1. The van der Waals surface area contributed by atoms with Crippen molar-refractivity contribution in [2.24, 2.45) is 5.92 Å². The minimum atomic E-state index is -4.83. The van der Waals surface area contributed by atoms with Crippen LogP contribution in [0, 0.1) is 11.7 Å². The summed E-state index contributed by atoms with van der Waals surface area (Å²) in [6.07, 6.45) is -4.83. The van der Waals surface area contributed by atoms with E-state index in [4.69, 9.17) is 0 Å². The molecule has 0 radical (unpaired) electrons. The van der Waals surface area contributed by atoms with E-state index in [1.807, 2.05) is 13.8 Å². The van der Waals surface area contributed by atoms with Gasteiger partial charge in [0.25, 0.3) is 5.91 Å². The van der Waals surface area contributed by atoms with Crippen molar-refractivity contribution in [3.63, 3.8) is 0 Å². The molecule has 3 rings (SSSR count). The highest BCUT2D eigenvalue weighted by Gasteiger charge is 2.31. The third kappa shape index (κ3) is 6.48. The van der Waals surface area contributed by atoms with E-state index < -0.39 is 29.9 Å². The Morgan fingerprint density at radius 3 is 2.33 bits per heavy atom. The van der Waals surface area contributed by atoms with Crippen LogP contribution in [0.25, 0.3) is 22.6 Å². The molecule has 3 aromatic rings. The molecule has 174 valence electrons. The molecule has 0 bridgehead atoms. The third-order valence-electron chi connectivity index (χ3n) is 4.74. The first-order valence-electron chi connectivity index (χ1n) is 9.98. The first-order valence-corrected chi connectivity index (χ1v) is 9.98. The van der Waals surface area contributed by atoms with Gasteiger partial charge in [-0.25, -0.2) is 14.4 Å². The maximum Gasteiger partial charge on any atom is 0.573 e. The van der Waals surface area contributed by atoms with Crippen LogP contribution in [0.2, 0.25) is 0 Å². The monoisotopic (exact) mass is 463 g/mol. The average Bonchev–Trinajstić information content (AvgIpc) is 2.76. The molecule has 1 amide bonds. The molecule has 2 N–H and O–H groups in total. The lowest BCUT2D eigenvalue weighted by atomic mass is 10.0. The Balaban J connectivity index is 2.03. The van der Waals surface area contributed by atoms with Crippen LogP contribution in [0.1, 0.15) is 24.3 Å². The van der Waals surface area contributed by atoms with Gasteiger partial charge in [-0.05, 0) is 48.4 Å². The first kappa shape index (κ1) is 24.1. The van der Waals surface area contributed by atoms with Crippen molar-refractivity contribution in [1.82, 2.24) is 15.3 Å². The standard InChI is InChI=1S/C23H21F4N3O3/c1-13(2)20(12-31)30-22(32)19-11-18(14-6-8-17(9-7-14)33-23(25,26)27)28-21(29-19)15-4-3-5-16(24)10-15/h3-11,13,20,31H,12H2,1-2H3,(H,30,32). The molecule has 33 heavy (non-hydrogen) atoms. The van der Waals surface area contributed by atoms with Crippen LogP contribution in [0.3, 0.4) is 0 Å². The van der Waals surface area contributed by atoms with Crippen LogP contribution < -0.4 is 10.1 Å². The maximum absolute atomic E-state index is 13.8. The molecular formula is C23H21F4N3O3. The number of benzene rings is 2. The van der Waals surface area contributed by atoms with E-state index in [1.54, 1.807) is 6.07 Å². The lowest BCUT2D eigenvalue weighted by molar-refractivity contribution is -0.274. The summed E-state index contributed by atoms with van der Waals surface area (Å²) >= 11 is 0. The highest BCUT2D eigenvalue weighted by atomic mass is 19.4. The number of hydrogen-bond donors (Lipinski definition) is 2. The van der Waals surface area contributed by atoms with E-state index in [0.29, 0.717) is 11.1 Å². The number of nitrogens with one attached hydrogen (secondary N) is 1. The molecule has 0 spiro atoms. The van der Waals surface area contributed by atoms with Crippen LogP contribution in [0.15, 0.2) is 54.6 Å². The van der Waals surface area contributed by atoms with E-state index in [1.165, 1.54) is 36.4 Å². The Hall–Kier alpha value is -3.53. The molecule has 0 aliphatic heterocycles. The summed E-state index contributed by atoms with van der Waals surface area (Å²) < 4.78 is 54.9. The summed E-state index contributed by atoms with van der Waals surface area (Å²) in [4.78, 5) is 21.4. The number of nitrogens with zero attached hydrogens (tertiary/aromatic N) is 2. The zero-order valence-electron chi connectivity index (χ0n) is 17.7. The first-order chi connectivity index (χ1) is 15.6. The number of halogens is 4. The predicted octanol–water partition coefficient (Wildman–Crippen LogP) is 4.60. The van der Waals surface area contributed by atoms with Gasteiger partial charge in [-0.1, -0.05) is 26.0 Å². The summed E-state index contributed by atoms with van der Waals surface area (Å²) in [5.74, 6) is -1.52. The fraction of sp³-hybridized carbons (Fsp3) is 0.261. The van der Waals surface area contributed by atoms with Gasteiger partial charge in [-0.3, -0.25) is 4.79 Å². The van der Waals surface area contributed by atoms with E-state index in [2.05, 4.69) is 20.0 Å². The van der Waals surface area contributed by atoms with Crippen molar-refractivity contribution in [3.8, 4) is 28.4 Å². The van der Waals surface area contributed by atoms with Crippen LogP contribution in [0.4, 0.5) is 17.6 Å². The summed E-state index contributed by atoms with van der Waals surface area (Å²) in [6.45, 7) is 3.38. The van der Waals surface area contributed by atoms with E-state index >= 15 is 0 Å². The van der Waals surface area contributed by atoms with Crippen molar-refractivity contribution >= 4 is 5.91 Å². The minimum Gasteiger partial charge on any atom is -0.406 e. The lowest BCUT2D eigenvalue weighted by Gasteiger charge is -2.20. The second-order valence-corrected chi connectivity index (χ2v) is 7.55. The van der Waals surface area contributed by atoms with E-state index in [0.717, 1.165) is 12.1 Å². The van der Waals surface area contributed by atoms with Gasteiger partial charge in [0.15, 0.2) is 5.82 Å². The summed E-state index contributed by atoms with van der Waals surface area (Å²) in [5, 5.41) is 12.2. The quantitative estimate of drug-likeness (QED) is 0.501. The average molecular weight is 463 g/mol. The highest BCUT2D eigenvalue weighted by Crippen LogP contribution is 2.27. The minimum absolute atomic E-state index is 0.0472. The second-order valence-electron chi connectivity index (χ2n) is 7.55. The van der Waals surface area contributed by atoms with Crippen LogP contribution in [-0.4, -0.2) is 40.0 Å². The number of carbonyl (C=O) groups excluding carboxylic acids is 1. The number of rotatable bonds is 7. The van der Waals surface area contributed by atoms with Crippen molar-refractivity contribution in [3.05, 3.63) is 66.1 Å². The summed E-state index contributed by atoms with van der Waals surface area (Å²) in [7, 11) is 0. The lowest BCUT2D eigenvalue weighted by Crippen LogP contribution is -2.41. The zero-order chi connectivity index (χ0) is 24.2. The molecule has 1 unspecified atom stereocenters. The Kier molecular flexibility index (Phi) is 7.27. The molecule has 10 heteroatoms. The fourth-order valence-corrected chi connectivity index (χ4v) is 2.96. The van der Waals surface area contributed by atoms with Gasteiger partial charge in [-0.15, -0.1) is 13.2 Å². The zero-order valence-corrected chi connectivity index (χ0v) is 17.7. The van der Waals surface area contributed by atoms with Gasteiger partial charge in [-0.2, -0.15) is 0 Å². The Labute approximate surface area is 187 Å². The van der Waals surface area contributed by atoms with Gasteiger partial charge >= 0.3 is 6.36 Å². The number of amides is 1. The van der Waals surface area contributed by atoms with Crippen molar-refractivity contribution in [2.75, 3.05) is 6.61 Å². The maximum atomic E-state index is 13.8. The molecular weight excluding hydrogens is 442 g/mol. The number of ether oxygens (including phenoxy) is 1. The van der Waals surface area contributed by atoms with Gasteiger partial charge in [0.05, 0.1) is 18.3 Å². The van der Waals surface area contributed by atoms with Crippen LogP contribution >= 0.6 is 0 Å². The molecule has 1 aromatic heterocycles. The number of alkyl halides is 3. The van der Waals surface area contributed by atoms with Gasteiger partial charge in [0.2, 0.25) is 0 Å². The van der Waals surface area contributed by atoms with Crippen LogP contribution in [-0.2, 0) is 0 Å². The summed E-state index contributed by atoms with van der Waals surface area (Å²) in [6, 6.07) is 11.3. The number of hydrogen-bond acceptors (Lipinski definition) is 5. The molecule has 0 saturated heterocycles.